The monoisotopic (exact) mass is 372 g/mol. The molecule has 8 heteroatoms. The number of hydrogen-bond donors (Lipinski definition) is 1. The van der Waals surface area contributed by atoms with Crippen LogP contribution in [0.2, 0.25) is 0 Å². The van der Waals surface area contributed by atoms with Gasteiger partial charge in [0.25, 0.3) is 5.91 Å². The third-order valence-corrected chi connectivity index (χ3v) is 5.00. The molecule has 1 N–H and O–H groups in total. The van der Waals surface area contributed by atoms with Crippen molar-refractivity contribution in [1.29, 1.82) is 0 Å². The van der Waals surface area contributed by atoms with Crippen LogP contribution in [0.1, 0.15) is 23.5 Å². The second-order valence-corrected chi connectivity index (χ2v) is 6.92. The van der Waals surface area contributed by atoms with Gasteiger partial charge < -0.3 is 10.1 Å². The Hall–Kier alpha value is -2.58. The van der Waals surface area contributed by atoms with Gasteiger partial charge in [-0.3, -0.25) is 4.79 Å². The highest BCUT2D eigenvalue weighted by Crippen LogP contribution is 2.25. The Morgan fingerprint density at radius 3 is 2.88 bits per heavy atom. The lowest BCUT2D eigenvalue weighted by atomic mass is 10.2. The van der Waals surface area contributed by atoms with Crippen molar-refractivity contribution in [1.82, 2.24) is 20.1 Å². The maximum atomic E-state index is 13.2. The van der Waals surface area contributed by atoms with Crippen molar-refractivity contribution in [3.63, 3.8) is 0 Å². The quantitative estimate of drug-likeness (QED) is 0.747. The highest BCUT2D eigenvalue weighted by Gasteiger charge is 2.21. The van der Waals surface area contributed by atoms with Crippen molar-refractivity contribution in [2.45, 2.75) is 18.9 Å². The number of hydrogen-bond acceptors (Lipinski definition) is 5. The number of rotatable bonds is 5. The largest absolute Gasteiger partial charge is 0.376 e. The molecular weight excluding hydrogens is 355 g/mol. The molecule has 2 aromatic heterocycles. The van der Waals surface area contributed by atoms with E-state index in [1.165, 1.54) is 23.5 Å². The van der Waals surface area contributed by atoms with Gasteiger partial charge in [0.15, 0.2) is 5.82 Å². The summed E-state index contributed by atoms with van der Waals surface area (Å²) in [5, 5.41) is 9.10. The zero-order chi connectivity index (χ0) is 17.9. The van der Waals surface area contributed by atoms with Crippen molar-refractivity contribution in [2.75, 3.05) is 13.2 Å². The van der Waals surface area contributed by atoms with Gasteiger partial charge in [-0.15, -0.1) is 16.4 Å². The lowest BCUT2D eigenvalue weighted by Crippen LogP contribution is -2.32. The van der Waals surface area contributed by atoms with Crippen LogP contribution < -0.4 is 5.32 Å². The Bertz CT molecular complexity index is 887. The lowest BCUT2D eigenvalue weighted by molar-refractivity contribution is 0.0849. The van der Waals surface area contributed by atoms with Gasteiger partial charge in [0.2, 0.25) is 5.82 Å². The van der Waals surface area contributed by atoms with E-state index in [0.29, 0.717) is 18.1 Å². The molecule has 26 heavy (non-hydrogen) atoms. The third-order valence-electron chi connectivity index (χ3n) is 4.14. The van der Waals surface area contributed by atoms with E-state index in [1.54, 1.807) is 16.8 Å². The van der Waals surface area contributed by atoms with Crippen LogP contribution in [0.5, 0.6) is 0 Å². The molecule has 1 saturated heterocycles. The molecule has 0 spiro atoms. The van der Waals surface area contributed by atoms with Gasteiger partial charge in [0, 0.05) is 13.2 Å². The van der Waals surface area contributed by atoms with E-state index in [0.717, 1.165) is 24.3 Å². The zero-order valence-electron chi connectivity index (χ0n) is 13.9. The van der Waals surface area contributed by atoms with E-state index in [9.17, 15) is 9.18 Å². The van der Waals surface area contributed by atoms with Gasteiger partial charge in [0.05, 0.1) is 16.7 Å². The molecule has 1 aliphatic heterocycles. The normalized spacial score (nSPS) is 16.7. The highest BCUT2D eigenvalue weighted by molar-refractivity contribution is 7.13. The Morgan fingerprint density at radius 2 is 2.19 bits per heavy atom. The fourth-order valence-corrected chi connectivity index (χ4v) is 3.53. The number of nitrogens with one attached hydrogen (secondary N) is 1. The van der Waals surface area contributed by atoms with Crippen molar-refractivity contribution in [2.24, 2.45) is 0 Å². The Kier molecular flexibility index (Phi) is 4.77. The number of carbonyl (C=O) groups excluding carboxylic acids is 1. The SMILES string of the molecule is O=C(NCC1CCCO1)c1nc(-c2cccs2)n(-c2ccc(F)cc2)n1. The van der Waals surface area contributed by atoms with E-state index < -0.39 is 0 Å². The van der Waals surface area contributed by atoms with Crippen molar-refractivity contribution in [3.8, 4) is 16.4 Å². The molecule has 0 bridgehead atoms. The Labute approximate surface area is 153 Å². The van der Waals surface area contributed by atoms with Crippen LogP contribution in [0.4, 0.5) is 4.39 Å². The van der Waals surface area contributed by atoms with Gasteiger partial charge in [-0.1, -0.05) is 6.07 Å². The Morgan fingerprint density at radius 1 is 1.35 bits per heavy atom. The standard InChI is InChI=1S/C18H17FN4O2S/c19-12-5-7-13(8-6-12)23-17(15-4-2-10-26-15)21-16(22-23)18(24)20-11-14-3-1-9-25-14/h2,4-8,10,14H,1,3,9,11H2,(H,20,24). The van der Waals surface area contributed by atoms with Gasteiger partial charge in [-0.25, -0.2) is 14.1 Å². The molecule has 4 rings (SSSR count). The van der Waals surface area contributed by atoms with Crippen molar-refractivity contribution < 1.29 is 13.9 Å². The molecule has 1 atom stereocenters. The number of thiophene rings is 1. The summed E-state index contributed by atoms with van der Waals surface area (Å²) in [5.74, 6) is -0.0511. The van der Waals surface area contributed by atoms with Crippen LogP contribution in [-0.4, -0.2) is 39.9 Å². The van der Waals surface area contributed by atoms with Crippen LogP contribution in [0.15, 0.2) is 41.8 Å². The molecule has 134 valence electrons. The number of amides is 1. The number of nitrogens with zero attached hydrogens (tertiary/aromatic N) is 3. The average Bonchev–Trinajstić information content (AvgIpc) is 3.41. The molecule has 3 aromatic rings. The first kappa shape index (κ1) is 16.9. The van der Waals surface area contributed by atoms with Gasteiger partial charge >= 0.3 is 0 Å². The second kappa shape index (κ2) is 7.35. The summed E-state index contributed by atoms with van der Waals surface area (Å²) in [6.45, 7) is 1.18. The zero-order valence-corrected chi connectivity index (χ0v) is 14.7. The second-order valence-electron chi connectivity index (χ2n) is 5.97. The van der Waals surface area contributed by atoms with E-state index in [2.05, 4.69) is 15.4 Å². The molecular formula is C18H17FN4O2S. The van der Waals surface area contributed by atoms with Crippen LogP contribution in [-0.2, 0) is 4.74 Å². The summed E-state index contributed by atoms with van der Waals surface area (Å²) in [6, 6.07) is 9.73. The smallest absolute Gasteiger partial charge is 0.291 e. The molecule has 0 saturated carbocycles. The number of benzene rings is 1. The minimum atomic E-state index is -0.348. The van der Waals surface area contributed by atoms with Crippen molar-refractivity contribution in [3.05, 3.63) is 53.4 Å². The number of carbonyl (C=O) groups is 1. The maximum absolute atomic E-state index is 13.2. The topological polar surface area (TPSA) is 69.0 Å². The highest BCUT2D eigenvalue weighted by atomic mass is 32.1. The summed E-state index contributed by atoms with van der Waals surface area (Å²) in [5.41, 5.74) is 0.639. The molecule has 0 radical (unpaired) electrons. The Balaban J connectivity index is 1.62. The summed E-state index contributed by atoms with van der Waals surface area (Å²) >= 11 is 1.50. The lowest BCUT2D eigenvalue weighted by Gasteiger charge is -2.08. The predicted octanol–water partition coefficient (Wildman–Crippen LogP) is 3.04. The fraction of sp³-hybridized carbons (Fsp3) is 0.278. The minimum absolute atomic E-state index is 0.0508. The summed E-state index contributed by atoms with van der Waals surface area (Å²) < 4.78 is 20.3. The minimum Gasteiger partial charge on any atom is -0.376 e. The molecule has 1 aliphatic rings. The molecule has 1 unspecified atom stereocenters. The van der Waals surface area contributed by atoms with Gasteiger partial charge in [-0.2, -0.15) is 0 Å². The summed E-state index contributed by atoms with van der Waals surface area (Å²) in [6.07, 6.45) is 2.01. The first-order valence-electron chi connectivity index (χ1n) is 8.37. The molecule has 1 fully saturated rings. The van der Waals surface area contributed by atoms with E-state index in [-0.39, 0.29) is 23.7 Å². The van der Waals surface area contributed by atoms with Gasteiger partial charge in [-0.05, 0) is 48.6 Å². The number of halogens is 1. The molecule has 6 nitrogen and oxygen atoms in total. The van der Waals surface area contributed by atoms with Crippen molar-refractivity contribution >= 4 is 17.2 Å². The number of ether oxygens (including phenoxy) is 1. The molecule has 1 aromatic carbocycles. The molecule has 1 amide bonds. The van der Waals surface area contributed by atoms with Crippen LogP contribution in [0.3, 0.4) is 0 Å². The van der Waals surface area contributed by atoms with E-state index in [1.807, 2.05) is 17.5 Å². The first-order valence-corrected chi connectivity index (χ1v) is 9.25. The maximum Gasteiger partial charge on any atom is 0.291 e. The average molecular weight is 372 g/mol. The first-order chi connectivity index (χ1) is 12.7. The fourth-order valence-electron chi connectivity index (χ4n) is 2.83. The summed E-state index contributed by atoms with van der Waals surface area (Å²) in [4.78, 5) is 17.7. The predicted molar refractivity (Wildman–Crippen MR) is 95.9 cm³/mol. The van der Waals surface area contributed by atoms with Crippen LogP contribution in [0.25, 0.3) is 16.4 Å². The van der Waals surface area contributed by atoms with Gasteiger partial charge in [0.1, 0.15) is 5.82 Å². The molecule has 0 aliphatic carbocycles. The number of aromatic nitrogens is 3. The third kappa shape index (κ3) is 3.51. The summed E-state index contributed by atoms with van der Waals surface area (Å²) in [7, 11) is 0. The van der Waals surface area contributed by atoms with E-state index in [4.69, 9.17) is 4.74 Å². The van der Waals surface area contributed by atoms with E-state index >= 15 is 0 Å². The van der Waals surface area contributed by atoms with Crippen LogP contribution in [0, 0.1) is 5.82 Å². The molecule has 3 heterocycles. The van der Waals surface area contributed by atoms with Crippen LogP contribution >= 0.6 is 11.3 Å².